The second-order valence-electron chi connectivity index (χ2n) is 8.59. The van der Waals surface area contributed by atoms with Crippen molar-refractivity contribution in [1.82, 2.24) is 15.2 Å². The summed E-state index contributed by atoms with van der Waals surface area (Å²) < 4.78 is 0. The summed E-state index contributed by atoms with van der Waals surface area (Å²) in [5.74, 6) is 0.634. The number of hydrogen-bond acceptors (Lipinski definition) is 5. The van der Waals surface area contributed by atoms with Gasteiger partial charge in [-0.2, -0.15) is 5.26 Å². The van der Waals surface area contributed by atoms with Gasteiger partial charge in [0.15, 0.2) is 0 Å². The number of hydrogen-bond donors (Lipinski definition) is 1. The molecule has 2 heterocycles. The number of rotatable bonds is 6. The minimum absolute atomic E-state index is 0.0270. The van der Waals surface area contributed by atoms with E-state index in [0.717, 1.165) is 57.0 Å². The van der Waals surface area contributed by atoms with E-state index >= 15 is 0 Å². The molecule has 1 aliphatic carbocycles. The number of nitrogens with one attached hydrogen (secondary N) is 1. The van der Waals surface area contributed by atoms with Crippen molar-refractivity contribution in [2.75, 3.05) is 37.6 Å². The van der Waals surface area contributed by atoms with E-state index in [1.54, 1.807) is 0 Å². The number of amides is 1. The molecule has 30 heavy (non-hydrogen) atoms. The zero-order valence-electron chi connectivity index (χ0n) is 17.6. The van der Waals surface area contributed by atoms with Crippen molar-refractivity contribution in [3.8, 4) is 6.07 Å². The van der Waals surface area contributed by atoms with Crippen LogP contribution in [0.5, 0.6) is 0 Å². The van der Waals surface area contributed by atoms with Crippen LogP contribution in [0.15, 0.2) is 36.5 Å². The number of nitrogens with zero attached hydrogens (tertiary/aromatic N) is 4. The molecule has 6 heteroatoms. The van der Waals surface area contributed by atoms with E-state index in [0.29, 0.717) is 0 Å². The maximum absolute atomic E-state index is 11.6. The van der Waals surface area contributed by atoms with E-state index in [1.807, 2.05) is 18.3 Å². The van der Waals surface area contributed by atoms with E-state index in [9.17, 15) is 4.79 Å². The van der Waals surface area contributed by atoms with E-state index in [4.69, 9.17) is 5.26 Å². The van der Waals surface area contributed by atoms with Crippen molar-refractivity contribution in [1.29, 1.82) is 5.26 Å². The number of pyridine rings is 1. The molecule has 0 radical (unpaired) electrons. The van der Waals surface area contributed by atoms with Gasteiger partial charge in [-0.3, -0.25) is 14.7 Å². The highest BCUT2D eigenvalue weighted by atomic mass is 16.1. The molecule has 0 atom stereocenters. The number of para-hydroxylation sites is 1. The number of aromatic nitrogens is 1. The lowest BCUT2D eigenvalue weighted by molar-refractivity contribution is -0.121. The number of anilines is 1. The van der Waals surface area contributed by atoms with Crippen LogP contribution in [0.3, 0.4) is 0 Å². The highest BCUT2D eigenvalue weighted by Gasteiger charge is 2.24. The van der Waals surface area contributed by atoms with Crippen LogP contribution in [-0.4, -0.2) is 54.6 Å². The second-order valence-corrected chi connectivity index (χ2v) is 8.59. The Bertz CT molecular complexity index is 887. The van der Waals surface area contributed by atoms with Gasteiger partial charge in [-0.25, -0.2) is 0 Å². The molecular weight excluding hydrogens is 374 g/mol. The monoisotopic (exact) mass is 405 g/mol. The lowest BCUT2D eigenvalue weighted by Crippen LogP contribution is -2.47. The summed E-state index contributed by atoms with van der Waals surface area (Å²) >= 11 is 0. The van der Waals surface area contributed by atoms with Crippen LogP contribution in [0.25, 0.3) is 10.9 Å². The van der Waals surface area contributed by atoms with Gasteiger partial charge in [0.2, 0.25) is 5.91 Å². The van der Waals surface area contributed by atoms with Gasteiger partial charge in [0.05, 0.1) is 17.3 Å². The highest BCUT2D eigenvalue weighted by molar-refractivity contribution is 5.90. The van der Waals surface area contributed by atoms with Gasteiger partial charge in [-0.1, -0.05) is 18.2 Å². The van der Waals surface area contributed by atoms with E-state index in [-0.39, 0.29) is 18.4 Å². The number of carbonyl (C=O) groups is 1. The number of nitriles is 1. The lowest BCUT2D eigenvalue weighted by Gasteiger charge is -2.37. The number of benzene rings is 1. The van der Waals surface area contributed by atoms with Crippen molar-refractivity contribution in [3.63, 3.8) is 0 Å². The van der Waals surface area contributed by atoms with Crippen molar-refractivity contribution >= 4 is 22.5 Å². The predicted molar refractivity (Wildman–Crippen MR) is 119 cm³/mol. The number of fused-ring (bicyclic) bond motifs is 1. The summed E-state index contributed by atoms with van der Waals surface area (Å²) in [6, 6.07) is 12.8. The first-order valence-electron chi connectivity index (χ1n) is 11.2. The van der Waals surface area contributed by atoms with Gasteiger partial charge in [0.1, 0.15) is 6.42 Å². The molecule has 1 aliphatic heterocycles. The Labute approximate surface area is 178 Å². The van der Waals surface area contributed by atoms with Gasteiger partial charge in [0, 0.05) is 43.8 Å². The normalized spacial score (nSPS) is 22.6. The predicted octanol–water partition coefficient (Wildman–Crippen LogP) is 3.34. The van der Waals surface area contributed by atoms with Crippen LogP contribution >= 0.6 is 0 Å². The SMILES string of the molecule is N#CCC(=O)NC1CCC(CCN2CCN(c3cccc4cccnc34)CC2)CC1. The third-order valence-electron chi connectivity index (χ3n) is 6.63. The molecule has 2 fully saturated rings. The molecule has 0 bridgehead atoms. The average Bonchev–Trinajstić information content (AvgIpc) is 2.79. The average molecular weight is 406 g/mol. The first-order chi connectivity index (χ1) is 14.7. The number of piperazine rings is 1. The molecule has 1 amide bonds. The quantitative estimate of drug-likeness (QED) is 0.798. The smallest absolute Gasteiger partial charge is 0.234 e. The van der Waals surface area contributed by atoms with E-state index < -0.39 is 0 Å². The van der Waals surface area contributed by atoms with Gasteiger partial charge >= 0.3 is 0 Å². The maximum Gasteiger partial charge on any atom is 0.234 e. The molecule has 2 aliphatic rings. The van der Waals surface area contributed by atoms with Crippen molar-refractivity contribution in [2.24, 2.45) is 5.92 Å². The van der Waals surface area contributed by atoms with Crippen molar-refractivity contribution in [3.05, 3.63) is 36.5 Å². The second kappa shape index (κ2) is 9.90. The third kappa shape index (κ3) is 5.09. The molecular formula is C24H31N5O. The summed E-state index contributed by atoms with van der Waals surface area (Å²) in [6.45, 7) is 5.46. The summed E-state index contributed by atoms with van der Waals surface area (Å²) in [4.78, 5) is 21.3. The van der Waals surface area contributed by atoms with Crippen LogP contribution < -0.4 is 10.2 Å². The van der Waals surface area contributed by atoms with Crippen LogP contribution in [0, 0.1) is 17.2 Å². The number of carbonyl (C=O) groups excluding carboxylic acids is 1. The van der Waals surface area contributed by atoms with Crippen molar-refractivity contribution < 1.29 is 4.79 Å². The standard InChI is InChI=1S/C24H31N5O/c25-12-10-23(30)27-21-8-6-19(7-9-21)11-14-28-15-17-29(18-16-28)22-5-1-3-20-4-2-13-26-24(20)22/h1-5,13,19,21H,6-11,14-18H2,(H,27,30). The zero-order valence-corrected chi connectivity index (χ0v) is 17.6. The van der Waals surface area contributed by atoms with E-state index in [1.165, 1.54) is 30.3 Å². The molecule has 4 rings (SSSR count). The molecule has 1 aromatic heterocycles. The Morgan fingerprint density at radius 2 is 1.87 bits per heavy atom. The molecule has 1 saturated heterocycles. The van der Waals surface area contributed by atoms with Gasteiger partial charge < -0.3 is 10.2 Å². The minimum Gasteiger partial charge on any atom is -0.367 e. The Kier molecular flexibility index (Phi) is 6.81. The largest absolute Gasteiger partial charge is 0.367 e. The molecule has 6 nitrogen and oxygen atoms in total. The third-order valence-corrected chi connectivity index (χ3v) is 6.63. The first-order valence-corrected chi connectivity index (χ1v) is 11.2. The topological polar surface area (TPSA) is 72.3 Å². The highest BCUT2D eigenvalue weighted by Crippen LogP contribution is 2.28. The van der Waals surface area contributed by atoms with Crippen molar-refractivity contribution in [2.45, 2.75) is 44.6 Å². The molecule has 0 spiro atoms. The Morgan fingerprint density at radius 3 is 2.63 bits per heavy atom. The van der Waals surface area contributed by atoms with E-state index in [2.05, 4.69) is 44.4 Å². The summed E-state index contributed by atoms with van der Waals surface area (Å²) in [7, 11) is 0. The molecule has 1 N–H and O–H groups in total. The lowest BCUT2D eigenvalue weighted by atomic mass is 9.84. The van der Waals surface area contributed by atoms with Gasteiger partial charge in [0.25, 0.3) is 0 Å². The fourth-order valence-corrected chi connectivity index (χ4v) is 4.87. The van der Waals surface area contributed by atoms with Crippen LogP contribution in [0.2, 0.25) is 0 Å². The molecule has 158 valence electrons. The van der Waals surface area contributed by atoms with Gasteiger partial charge in [-0.15, -0.1) is 0 Å². The molecule has 0 unspecified atom stereocenters. The summed E-state index contributed by atoms with van der Waals surface area (Å²) in [5.41, 5.74) is 2.36. The zero-order chi connectivity index (χ0) is 20.8. The summed E-state index contributed by atoms with van der Waals surface area (Å²) in [5, 5.41) is 12.8. The maximum atomic E-state index is 11.6. The minimum atomic E-state index is -0.125. The van der Waals surface area contributed by atoms with Crippen LogP contribution in [0.1, 0.15) is 38.5 Å². The Hall–Kier alpha value is -2.65. The van der Waals surface area contributed by atoms with Crippen LogP contribution in [-0.2, 0) is 4.79 Å². The fraction of sp³-hybridized carbons (Fsp3) is 0.542. The molecule has 1 saturated carbocycles. The first kappa shape index (κ1) is 20.6. The Balaban J connectivity index is 1.20. The molecule has 2 aromatic rings. The Morgan fingerprint density at radius 1 is 1.10 bits per heavy atom. The fourth-order valence-electron chi connectivity index (χ4n) is 4.87. The summed E-state index contributed by atoms with van der Waals surface area (Å²) in [6.07, 6.45) is 7.55. The molecule has 1 aromatic carbocycles. The van der Waals surface area contributed by atoms with Crippen LogP contribution in [0.4, 0.5) is 5.69 Å². The van der Waals surface area contributed by atoms with Gasteiger partial charge in [-0.05, 0) is 56.7 Å².